The Hall–Kier alpha value is -3.00. The first kappa shape index (κ1) is 13.4. The van der Waals surface area contributed by atoms with E-state index in [9.17, 15) is 15.0 Å². The first-order valence-corrected chi connectivity index (χ1v) is 5.86. The van der Waals surface area contributed by atoms with Crippen molar-refractivity contribution >= 4 is 11.6 Å². The number of nitrogens with one attached hydrogen (secondary N) is 1. The van der Waals surface area contributed by atoms with Crippen molar-refractivity contribution in [2.45, 2.75) is 6.92 Å². The molecule has 0 aliphatic rings. The van der Waals surface area contributed by atoms with Crippen molar-refractivity contribution in [3.8, 4) is 17.6 Å². The Bertz CT molecular complexity index is 718. The van der Waals surface area contributed by atoms with E-state index in [1.54, 1.807) is 25.1 Å². The van der Waals surface area contributed by atoms with Crippen molar-refractivity contribution in [1.29, 1.82) is 5.26 Å². The highest BCUT2D eigenvalue weighted by molar-refractivity contribution is 6.07. The molecule has 2 rings (SSSR count). The minimum atomic E-state index is -0.597. The predicted octanol–water partition coefficient (Wildman–Crippen LogP) is 2.53. The number of hydrogen-bond donors (Lipinski definition) is 3. The molecular weight excluding hydrogens is 256 g/mol. The van der Waals surface area contributed by atoms with Crippen molar-refractivity contribution in [2.24, 2.45) is 0 Å². The topological polar surface area (TPSA) is 93.3 Å². The second-order valence-corrected chi connectivity index (χ2v) is 4.26. The van der Waals surface area contributed by atoms with Gasteiger partial charge >= 0.3 is 0 Å². The summed E-state index contributed by atoms with van der Waals surface area (Å²) in [6, 6.07) is 10.8. The van der Waals surface area contributed by atoms with Crippen molar-refractivity contribution < 1.29 is 15.0 Å². The summed E-state index contributed by atoms with van der Waals surface area (Å²) in [5, 5.41) is 30.6. The van der Waals surface area contributed by atoms with E-state index in [1.807, 2.05) is 6.07 Å². The molecule has 100 valence electrons. The van der Waals surface area contributed by atoms with E-state index in [0.717, 1.165) is 11.6 Å². The van der Waals surface area contributed by atoms with Crippen LogP contribution in [0.2, 0.25) is 0 Å². The maximum absolute atomic E-state index is 12.1. The Kier molecular flexibility index (Phi) is 3.58. The van der Waals surface area contributed by atoms with Crippen molar-refractivity contribution in [3.05, 3.63) is 53.1 Å². The summed E-state index contributed by atoms with van der Waals surface area (Å²) in [6.07, 6.45) is 0. The van der Waals surface area contributed by atoms with Crippen LogP contribution in [-0.4, -0.2) is 16.1 Å². The lowest BCUT2D eigenvalue weighted by atomic mass is 10.1. The van der Waals surface area contributed by atoms with Gasteiger partial charge in [-0.1, -0.05) is 12.1 Å². The molecule has 1 amide bonds. The van der Waals surface area contributed by atoms with Crippen LogP contribution < -0.4 is 5.32 Å². The molecule has 0 unspecified atom stereocenters. The van der Waals surface area contributed by atoms with Crippen LogP contribution in [-0.2, 0) is 0 Å². The molecule has 0 bridgehead atoms. The standard InChI is InChI=1S/C15H12N2O3/c1-9-3-2-4-13(12(9)8-16)17-15(20)11-7-10(18)5-6-14(11)19/h2-7,18-19H,1H3,(H,17,20). The molecule has 0 fully saturated rings. The second kappa shape index (κ2) is 5.33. The monoisotopic (exact) mass is 268 g/mol. The van der Waals surface area contributed by atoms with Gasteiger partial charge in [0, 0.05) is 0 Å². The molecule has 0 aliphatic carbocycles. The number of carbonyl (C=O) groups is 1. The Labute approximate surface area is 115 Å². The lowest BCUT2D eigenvalue weighted by Gasteiger charge is -2.10. The minimum Gasteiger partial charge on any atom is -0.508 e. The lowest BCUT2D eigenvalue weighted by molar-refractivity contribution is 0.102. The van der Waals surface area contributed by atoms with Gasteiger partial charge in [0.25, 0.3) is 5.91 Å². The van der Waals surface area contributed by atoms with Gasteiger partial charge in [-0.15, -0.1) is 0 Å². The van der Waals surface area contributed by atoms with Gasteiger partial charge < -0.3 is 15.5 Å². The van der Waals surface area contributed by atoms with E-state index in [1.165, 1.54) is 12.1 Å². The van der Waals surface area contributed by atoms with Crippen LogP contribution >= 0.6 is 0 Å². The number of aromatic hydroxyl groups is 2. The number of phenols is 2. The van der Waals surface area contributed by atoms with Crippen molar-refractivity contribution in [1.82, 2.24) is 0 Å². The molecule has 2 aromatic carbocycles. The van der Waals surface area contributed by atoms with Gasteiger partial charge in [-0.25, -0.2) is 0 Å². The summed E-state index contributed by atoms with van der Waals surface area (Å²) in [6.45, 7) is 1.76. The maximum Gasteiger partial charge on any atom is 0.259 e. The summed E-state index contributed by atoms with van der Waals surface area (Å²) in [4.78, 5) is 12.1. The molecule has 0 radical (unpaired) electrons. The van der Waals surface area contributed by atoms with Crippen LogP contribution in [0.5, 0.6) is 11.5 Å². The fraction of sp³-hybridized carbons (Fsp3) is 0.0667. The molecule has 20 heavy (non-hydrogen) atoms. The van der Waals surface area contributed by atoms with E-state index in [-0.39, 0.29) is 17.1 Å². The van der Waals surface area contributed by atoms with Gasteiger partial charge in [0.1, 0.15) is 17.6 Å². The molecule has 3 N–H and O–H groups in total. The quantitative estimate of drug-likeness (QED) is 0.729. The highest BCUT2D eigenvalue weighted by Gasteiger charge is 2.14. The van der Waals surface area contributed by atoms with Crippen LogP contribution in [0, 0.1) is 18.3 Å². The zero-order valence-electron chi connectivity index (χ0n) is 10.7. The molecule has 0 spiro atoms. The van der Waals surface area contributed by atoms with Crippen molar-refractivity contribution in [3.63, 3.8) is 0 Å². The third kappa shape index (κ3) is 2.54. The average Bonchev–Trinajstić information content (AvgIpc) is 2.41. The molecule has 0 saturated carbocycles. The number of rotatable bonds is 2. The molecular formula is C15H12N2O3. The second-order valence-electron chi connectivity index (χ2n) is 4.26. The molecule has 5 nitrogen and oxygen atoms in total. The number of benzene rings is 2. The number of carbonyl (C=O) groups excluding carboxylic acids is 1. The highest BCUT2D eigenvalue weighted by atomic mass is 16.3. The van der Waals surface area contributed by atoms with E-state index in [4.69, 9.17) is 5.26 Å². The van der Waals surface area contributed by atoms with Crippen LogP contribution in [0.15, 0.2) is 36.4 Å². The van der Waals surface area contributed by atoms with Crippen LogP contribution in [0.4, 0.5) is 5.69 Å². The largest absolute Gasteiger partial charge is 0.508 e. The molecule has 0 aromatic heterocycles. The number of hydrogen-bond acceptors (Lipinski definition) is 4. The highest BCUT2D eigenvalue weighted by Crippen LogP contribution is 2.24. The molecule has 5 heteroatoms. The van der Waals surface area contributed by atoms with Gasteiger partial charge in [-0.2, -0.15) is 5.26 Å². The van der Waals surface area contributed by atoms with E-state index in [0.29, 0.717) is 11.3 Å². The third-order valence-corrected chi connectivity index (χ3v) is 2.86. The Balaban J connectivity index is 2.36. The van der Waals surface area contributed by atoms with Gasteiger partial charge in [0.15, 0.2) is 0 Å². The van der Waals surface area contributed by atoms with E-state index >= 15 is 0 Å². The Morgan fingerprint density at radius 3 is 2.70 bits per heavy atom. The first-order valence-electron chi connectivity index (χ1n) is 5.86. The third-order valence-electron chi connectivity index (χ3n) is 2.86. The maximum atomic E-state index is 12.1. The summed E-state index contributed by atoms with van der Waals surface area (Å²) in [5.74, 6) is -0.968. The summed E-state index contributed by atoms with van der Waals surface area (Å²) < 4.78 is 0. The van der Waals surface area contributed by atoms with Gasteiger partial charge in [0.05, 0.1) is 16.8 Å². The van der Waals surface area contributed by atoms with E-state index in [2.05, 4.69) is 5.32 Å². The Morgan fingerprint density at radius 2 is 2.00 bits per heavy atom. The van der Waals surface area contributed by atoms with Crippen LogP contribution in [0.25, 0.3) is 0 Å². The fourth-order valence-electron chi connectivity index (χ4n) is 1.82. The zero-order chi connectivity index (χ0) is 14.7. The molecule has 0 saturated heterocycles. The van der Waals surface area contributed by atoms with Crippen LogP contribution in [0.3, 0.4) is 0 Å². The smallest absolute Gasteiger partial charge is 0.259 e. The van der Waals surface area contributed by atoms with Gasteiger partial charge in [-0.05, 0) is 36.8 Å². The molecule has 2 aromatic rings. The first-order chi connectivity index (χ1) is 9.52. The van der Waals surface area contributed by atoms with Crippen LogP contribution in [0.1, 0.15) is 21.5 Å². The fourth-order valence-corrected chi connectivity index (χ4v) is 1.82. The number of nitrogens with zero attached hydrogens (tertiary/aromatic N) is 1. The molecule has 0 aliphatic heterocycles. The lowest BCUT2D eigenvalue weighted by Crippen LogP contribution is -2.13. The molecule has 0 atom stereocenters. The van der Waals surface area contributed by atoms with Crippen molar-refractivity contribution in [2.75, 3.05) is 5.32 Å². The number of nitriles is 1. The number of aryl methyl sites for hydroxylation is 1. The Morgan fingerprint density at radius 1 is 1.25 bits per heavy atom. The number of phenolic OH excluding ortho intramolecular Hbond substituents is 2. The predicted molar refractivity (Wildman–Crippen MR) is 73.6 cm³/mol. The average molecular weight is 268 g/mol. The summed E-state index contributed by atoms with van der Waals surface area (Å²) in [7, 11) is 0. The molecule has 0 heterocycles. The summed E-state index contributed by atoms with van der Waals surface area (Å²) >= 11 is 0. The normalized spacial score (nSPS) is 9.80. The number of amides is 1. The van der Waals surface area contributed by atoms with E-state index < -0.39 is 5.91 Å². The zero-order valence-corrected chi connectivity index (χ0v) is 10.7. The number of anilines is 1. The van der Waals surface area contributed by atoms with Gasteiger partial charge in [-0.3, -0.25) is 4.79 Å². The van der Waals surface area contributed by atoms with Gasteiger partial charge in [0.2, 0.25) is 0 Å². The SMILES string of the molecule is Cc1cccc(NC(=O)c2cc(O)ccc2O)c1C#N. The summed E-state index contributed by atoms with van der Waals surface area (Å²) in [5.41, 5.74) is 1.40. The minimum absolute atomic E-state index is 0.0598.